The third kappa shape index (κ3) is 7.70. The molecule has 10 nitrogen and oxygen atoms in total. The van der Waals surface area contributed by atoms with Crippen LogP contribution in [0.2, 0.25) is 5.02 Å². The van der Waals surface area contributed by atoms with Crippen molar-refractivity contribution < 1.29 is 32.2 Å². The zero-order valence-corrected chi connectivity index (χ0v) is 22.2. The predicted molar refractivity (Wildman–Crippen MR) is 143 cm³/mol. The van der Waals surface area contributed by atoms with Crippen LogP contribution in [0.1, 0.15) is 12.5 Å². The van der Waals surface area contributed by atoms with Crippen LogP contribution in [-0.4, -0.2) is 53.4 Å². The zero-order chi connectivity index (χ0) is 27.5. The Hall–Kier alpha value is -4.09. The molecule has 3 aromatic carbocycles. The number of hydrazone groups is 1. The van der Waals surface area contributed by atoms with E-state index in [0.717, 1.165) is 4.31 Å². The van der Waals surface area contributed by atoms with Gasteiger partial charge in [0.25, 0.3) is 15.9 Å². The van der Waals surface area contributed by atoms with Crippen LogP contribution in [0.15, 0.2) is 82.8 Å². The van der Waals surface area contributed by atoms with E-state index >= 15 is 0 Å². The Labute approximate surface area is 225 Å². The molecule has 0 saturated carbocycles. The van der Waals surface area contributed by atoms with Crippen molar-refractivity contribution in [3.8, 4) is 11.5 Å². The number of amides is 1. The van der Waals surface area contributed by atoms with Gasteiger partial charge < -0.3 is 14.2 Å². The van der Waals surface area contributed by atoms with Gasteiger partial charge in [-0.2, -0.15) is 5.10 Å². The highest BCUT2D eigenvalue weighted by atomic mass is 35.5. The first-order chi connectivity index (χ1) is 18.2. The quantitative estimate of drug-likeness (QED) is 0.204. The molecule has 3 aromatic rings. The number of ether oxygens (including phenoxy) is 3. The Morgan fingerprint density at radius 2 is 1.68 bits per heavy atom. The van der Waals surface area contributed by atoms with E-state index in [1.54, 1.807) is 55.5 Å². The molecule has 0 aliphatic heterocycles. The second-order valence-electron chi connectivity index (χ2n) is 7.59. The molecule has 0 radical (unpaired) electrons. The Morgan fingerprint density at radius 1 is 1.00 bits per heavy atom. The van der Waals surface area contributed by atoms with Crippen LogP contribution in [0.3, 0.4) is 0 Å². The lowest BCUT2D eigenvalue weighted by molar-refractivity contribution is -0.142. The van der Waals surface area contributed by atoms with Gasteiger partial charge >= 0.3 is 5.97 Å². The summed E-state index contributed by atoms with van der Waals surface area (Å²) in [5, 5.41) is 4.30. The van der Waals surface area contributed by atoms with Gasteiger partial charge in [-0.25, -0.2) is 18.6 Å². The van der Waals surface area contributed by atoms with Crippen molar-refractivity contribution in [3.63, 3.8) is 0 Å². The van der Waals surface area contributed by atoms with Gasteiger partial charge in [-0.3, -0.25) is 9.10 Å². The SMILES string of the molecule is CCOc1ccccc1N(CC(=O)N/N=C\c1ccc(OCC(=O)OC)cc1)S(=O)(=O)c1ccc(Cl)cc1. The highest BCUT2D eigenvalue weighted by Crippen LogP contribution is 2.32. The maximum Gasteiger partial charge on any atom is 0.343 e. The van der Waals surface area contributed by atoms with Gasteiger partial charge in [-0.05, 0) is 73.2 Å². The zero-order valence-electron chi connectivity index (χ0n) is 20.7. The van der Waals surface area contributed by atoms with Crippen molar-refractivity contribution in [1.82, 2.24) is 5.43 Å². The summed E-state index contributed by atoms with van der Waals surface area (Å²) in [5.74, 6) is -0.427. The molecule has 0 aliphatic rings. The van der Waals surface area contributed by atoms with Crippen LogP contribution in [0.4, 0.5) is 5.69 Å². The fourth-order valence-electron chi connectivity index (χ4n) is 3.17. The van der Waals surface area contributed by atoms with E-state index in [2.05, 4.69) is 15.3 Å². The fraction of sp³-hybridized carbons (Fsp3) is 0.192. The maximum absolute atomic E-state index is 13.5. The molecule has 0 saturated heterocycles. The smallest absolute Gasteiger partial charge is 0.343 e. The molecule has 0 spiro atoms. The number of methoxy groups -OCH3 is 1. The van der Waals surface area contributed by atoms with Crippen molar-refractivity contribution >= 4 is 45.4 Å². The highest BCUT2D eigenvalue weighted by Gasteiger charge is 2.29. The Bertz CT molecular complexity index is 1380. The van der Waals surface area contributed by atoms with Crippen molar-refractivity contribution in [2.24, 2.45) is 5.10 Å². The molecular weight excluding hydrogens is 534 g/mol. The van der Waals surface area contributed by atoms with Gasteiger partial charge in [0.05, 0.1) is 30.5 Å². The third-order valence-electron chi connectivity index (χ3n) is 4.99. The Kier molecular flexibility index (Phi) is 10.1. The van der Waals surface area contributed by atoms with E-state index in [4.69, 9.17) is 21.1 Å². The van der Waals surface area contributed by atoms with E-state index in [1.807, 2.05) is 0 Å². The molecule has 38 heavy (non-hydrogen) atoms. The van der Waals surface area contributed by atoms with E-state index in [-0.39, 0.29) is 17.2 Å². The summed E-state index contributed by atoms with van der Waals surface area (Å²) in [4.78, 5) is 23.9. The number of nitrogens with zero attached hydrogens (tertiary/aromatic N) is 2. The molecule has 0 heterocycles. The molecule has 1 amide bonds. The van der Waals surface area contributed by atoms with Gasteiger partial charge in [-0.1, -0.05) is 23.7 Å². The molecule has 3 rings (SSSR count). The monoisotopic (exact) mass is 559 g/mol. The predicted octanol–water partition coefficient (Wildman–Crippen LogP) is 3.64. The molecule has 12 heteroatoms. The first-order valence-electron chi connectivity index (χ1n) is 11.4. The second-order valence-corrected chi connectivity index (χ2v) is 9.89. The number of nitrogens with one attached hydrogen (secondary N) is 1. The van der Waals surface area contributed by atoms with Crippen LogP contribution in [0.5, 0.6) is 11.5 Å². The number of sulfonamides is 1. The molecular formula is C26H26ClN3O7S. The summed E-state index contributed by atoms with van der Waals surface area (Å²) in [6.45, 7) is 1.29. The van der Waals surface area contributed by atoms with E-state index in [0.29, 0.717) is 28.7 Å². The fourth-order valence-corrected chi connectivity index (χ4v) is 4.73. The van der Waals surface area contributed by atoms with Crippen LogP contribution in [0, 0.1) is 0 Å². The second kappa shape index (κ2) is 13.5. The van der Waals surface area contributed by atoms with E-state index in [1.165, 1.54) is 37.6 Å². The molecule has 1 N–H and O–H groups in total. The summed E-state index contributed by atoms with van der Waals surface area (Å²) < 4.78 is 43.5. The third-order valence-corrected chi connectivity index (χ3v) is 7.02. The normalized spacial score (nSPS) is 11.1. The van der Waals surface area contributed by atoms with E-state index in [9.17, 15) is 18.0 Å². The number of hydrogen-bond donors (Lipinski definition) is 1. The minimum absolute atomic E-state index is 0.0426. The molecule has 0 unspecified atom stereocenters. The first-order valence-corrected chi connectivity index (χ1v) is 13.2. The van der Waals surface area contributed by atoms with E-state index < -0.39 is 28.4 Å². The van der Waals surface area contributed by atoms with Crippen LogP contribution < -0.4 is 19.2 Å². The van der Waals surface area contributed by atoms with Gasteiger partial charge in [0.15, 0.2) is 6.61 Å². The van der Waals surface area contributed by atoms with Gasteiger partial charge in [-0.15, -0.1) is 0 Å². The number of carbonyl (C=O) groups is 2. The van der Waals surface area contributed by atoms with Crippen LogP contribution >= 0.6 is 11.6 Å². The summed E-state index contributed by atoms with van der Waals surface area (Å²) in [6, 6.07) is 18.7. The Morgan fingerprint density at radius 3 is 2.34 bits per heavy atom. The lowest BCUT2D eigenvalue weighted by Crippen LogP contribution is -2.39. The summed E-state index contributed by atoms with van der Waals surface area (Å²) in [7, 11) is -2.90. The molecule has 0 atom stereocenters. The Balaban J connectivity index is 1.76. The molecule has 0 fully saturated rings. The number of hydrogen-bond acceptors (Lipinski definition) is 8. The van der Waals surface area contributed by atoms with Crippen molar-refractivity contribution in [1.29, 1.82) is 0 Å². The lowest BCUT2D eigenvalue weighted by Gasteiger charge is -2.25. The number of anilines is 1. The number of rotatable bonds is 12. The molecule has 0 aliphatic carbocycles. The van der Waals surface area contributed by atoms with Crippen LogP contribution in [0.25, 0.3) is 0 Å². The first kappa shape index (κ1) is 28.5. The van der Waals surface area contributed by atoms with Crippen LogP contribution in [-0.2, 0) is 24.3 Å². The minimum Gasteiger partial charge on any atom is -0.492 e. The molecule has 0 bridgehead atoms. The topological polar surface area (TPSA) is 124 Å². The maximum atomic E-state index is 13.5. The van der Waals surface area contributed by atoms with Gasteiger partial charge in [0.1, 0.15) is 18.0 Å². The molecule has 200 valence electrons. The lowest BCUT2D eigenvalue weighted by atomic mass is 10.2. The minimum atomic E-state index is -4.17. The number of halogens is 1. The van der Waals surface area contributed by atoms with Crippen molar-refractivity contribution in [2.75, 3.05) is 31.2 Å². The van der Waals surface area contributed by atoms with Crippen molar-refractivity contribution in [2.45, 2.75) is 11.8 Å². The standard InChI is InChI=1S/C26H26ClN3O7S/c1-3-36-24-7-5-4-6-23(24)30(38(33,34)22-14-10-20(27)11-15-22)17-25(31)29-28-16-19-8-12-21(13-9-19)37-18-26(32)35-2/h4-16H,3,17-18H2,1-2H3,(H,29,31)/b28-16-. The molecule has 0 aromatic heterocycles. The average Bonchev–Trinajstić information content (AvgIpc) is 2.92. The van der Waals surface area contributed by atoms with Gasteiger partial charge in [0.2, 0.25) is 0 Å². The number of benzene rings is 3. The largest absolute Gasteiger partial charge is 0.492 e. The summed E-state index contributed by atoms with van der Waals surface area (Å²) in [6.07, 6.45) is 1.38. The van der Waals surface area contributed by atoms with Crippen molar-refractivity contribution in [3.05, 3.63) is 83.4 Å². The van der Waals surface area contributed by atoms with Gasteiger partial charge in [0, 0.05) is 5.02 Å². The number of para-hydroxylation sites is 2. The number of esters is 1. The number of carbonyl (C=O) groups excluding carboxylic acids is 2. The summed E-state index contributed by atoms with van der Waals surface area (Å²) in [5.41, 5.74) is 3.18. The average molecular weight is 560 g/mol. The summed E-state index contributed by atoms with van der Waals surface area (Å²) >= 11 is 5.93. The highest BCUT2D eigenvalue weighted by molar-refractivity contribution is 7.92.